The van der Waals surface area contributed by atoms with E-state index in [1.165, 1.54) is 0 Å². The molecule has 1 aliphatic rings. The van der Waals surface area contributed by atoms with Crippen LogP contribution in [0.15, 0.2) is 12.1 Å². The summed E-state index contributed by atoms with van der Waals surface area (Å²) in [7, 11) is 1.67. The zero-order valence-corrected chi connectivity index (χ0v) is 19.3. The first kappa shape index (κ1) is 23.5. The van der Waals surface area contributed by atoms with Crippen molar-refractivity contribution in [3.05, 3.63) is 23.3 Å². The first-order valence-electron chi connectivity index (χ1n) is 9.51. The van der Waals surface area contributed by atoms with Crippen molar-refractivity contribution in [3.63, 3.8) is 0 Å². The van der Waals surface area contributed by atoms with E-state index in [1.807, 2.05) is 30.9 Å². The Morgan fingerprint density at radius 1 is 1.11 bits per heavy atom. The summed E-state index contributed by atoms with van der Waals surface area (Å²) in [6.45, 7) is 14.8. The quantitative estimate of drug-likeness (QED) is 0.518. The number of nitrogens with zero attached hydrogens (tertiary/aromatic N) is 2. The molecule has 0 atom stereocenters. The highest BCUT2D eigenvalue weighted by atomic mass is 79.9. The molecule has 0 spiro atoms. The monoisotopic (exact) mass is 440 g/mol. The number of piperazine rings is 1. The highest BCUT2D eigenvalue weighted by Gasteiger charge is 2.28. The fourth-order valence-electron chi connectivity index (χ4n) is 3.12. The Bertz CT molecular complexity index is 660. The Hall–Kier alpha value is -1.56. The van der Waals surface area contributed by atoms with Crippen molar-refractivity contribution in [2.24, 2.45) is 0 Å². The number of ether oxygens (including phenoxy) is 1. The summed E-state index contributed by atoms with van der Waals surface area (Å²) >= 11 is 3.27. The lowest BCUT2D eigenvalue weighted by Gasteiger charge is -2.37. The fourth-order valence-corrected chi connectivity index (χ4v) is 3.44. The Kier molecular flexibility index (Phi) is 8.79. The third-order valence-corrected chi connectivity index (χ3v) is 5.10. The summed E-state index contributed by atoms with van der Waals surface area (Å²) in [4.78, 5) is 27.9. The van der Waals surface area contributed by atoms with Crippen molar-refractivity contribution < 1.29 is 14.3 Å². The number of rotatable bonds is 4. The second kappa shape index (κ2) is 10.1. The van der Waals surface area contributed by atoms with Gasteiger partial charge in [-0.25, -0.2) is 0 Å². The minimum absolute atomic E-state index is 0.0526. The average Bonchev–Trinajstić information content (AvgIpc) is 2.67. The highest BCUT2D eigenvalue weighted by molar-refractivity contribution is 9.09. The summed E-state index contributed by atoms with van der Waals surface area (Å²) < 4.78 is 5.75. The normalized spacial score (nSPS) is 14.4. The van der Waals surface area contributed by atoms with Crippen LogP contribution in [-0.4, -0.2) is 55.2 Å². The van der Waals surface area contributed by atoms with Gasteiger partial charge in [-0.05, 0) is 17.5 Å². The van der Waals surface area contributed by atoms with E-state index in [0.717, 1.165) is 30.1 Å². The largest absolute Gasteiger partial charge is 0.494 e. The molecule has 1 amide bonds. The topological polar surface area (TPSA) is 49.9 Å². The second-order valence-corrected chi connectivity index (χ2v) is 7.94. The summed E-state index contributed by atoms with van der Waals surface area (Å²) in [5.41, 5.74) is 2.49. The number of halogens is 1. The van der Waals surface area contributed by atoms with E-state index in [4.69, 9.17) is 4.74 Å². The number of carbonyl (C=O) groups is 2. The molecule has 1 fully saturated rings. The van der Waals surface area contributed by atoms with E-state index in [9.17, 15) is 9.59 Å². The molecule has 0 bridgehead atoms. The Balaban J connectivity index is 0.00000176. The van der Waals surface area contributed by atoms with E-state index in [-0.39, 0.29) is 17.1 Å². The van der Waals surface area contributed by atoms with Gasteiger partial charge in [0.2, 0.25) is 5.91 Å². The summed E-state index contributed by atoms with van der Waals surface area (Å²) in [6.07, 6.45) is 0. The number of benzene rings is 1. The number of ketones is 1. The van der Waals surface area contributed by atoms with Crippen molar-refractivity contribution >= 4 is 33.3 Å². The van der Waals surface area contributed by atoms with Gasteiger partial charge in [-0.3, -0.25) is 9.59 Å². The van der Waals surface area contributed by atoms with Gasteiger partial charge in [-0.1, -0.05) is 50.5 Å². The van der Waals surface area contributed by atoms with Crippen molar-refractivity contribution in [2.45, 2.75) is 47.0 Å². The van der Waals surface area contributed by atoms with Crippen LogP contribution in [0.1, 0.15) is 57.5 Å². The molecule has 0 radical (unpaired) electrons. The van der Waals surface area contributed by atoms with Crippen molar-refractivity contribution in [3.8, 4) is 5.75 Å². The lowest BCUT2D eigenvalue weighted by atomic mass is 9.84. The molecule has 27 heavy (non-hydrogen) atoms. The summed E-state index contributed by atoms with van der Waals surface area (Å²) in [5, 5.41) is 0.292. The summed E-state index contributed by atoms with van der Waals surface area (Å²) in [5.74, 6) is 0.969. The lowest BCUT2D eigenvalue weighted by molar-refractivity contribution is -0.129. The van der Waals surface area contributed by atoms with Gasteiger partial charge in [0.1, 0.15) is 5.75 Å². The zero-order chi connectivity index (χ0) is 20.8. The van der Waals surface area contributed by atoms with Crippen LogP contribution < -0.4 is 9.64 Å². The zero-order valence-electron chi connectivity index (χ0n) is 17.7. The number of amides is 1. The smallest absolute Gasteiger partial charge is 0.219 e. The molecular weight excluding hydrogens is 408 g/mol. The Morgan fingerprint density at radius 2 is 1.67 bits per heavy atom. The fraction of sp³-hybridized carbons (Fsp3) is 0.619. The third kappa shape index (κ3) is 5.71. The third-order valence-electron chi connectivity index (χ3n) is 4.59. The molecule has 1 saturated heterocycles. The number of alkyl halides is 1. The van der Waals surface area contributed by atoms with Crippen molar-refractivity contribution in [2.75, 3.05) is 43.5 Å². The number of hydrogen-bond donors (Lipinski definition) is 0. The van der Waals surface area contributed by atoms with E-state index in [2.05, 4.69) is 41.6 Å². The van der Waals surface area contributed by atoms with Crippen LogP contribution in [0.3, 0.4) is 0 Å². The molecular formula is C21H33BrN2O3. The SMILES string of the molecule is CC.COc1c(N2CCN(C(C)=O)CC2)cc(C(=O)CBr)cc1C(C)(C)C. The number of hydrogen-bond acceptors (Lipinski definition) is 4. The maximum Gasteiger partial charge on any atom is 0.219 e. The first-order valence-corrected chi connectivity index (χ1v) is 10.6. The number of carbonyl (C=O) groups excluding carboxylic acids is 2. The number of methoxy groups -OCH3 is 1. The second-order valence-electron chi connectivity index (χ2n) is 7.38. The minimum Gasteiger partial charge on any atom is -0.494 e. The highest BCUT2D eigenvalue weighted by Crippen LogP contribution is 2.40. The van der Waals surface area contributed by atoms with Gasteiger partial charge in [0.05, 0.1) is 18.1 Å². The van der Waals surface area contributed by atoms with Crippen LogP contribution in [0.5, 0.6) is 5.75 Å². The van der Waals surface area contributed by atoms with Crippen LogP contribution in [-0.2, 0) is 10.2 Å². The maximum atomic E-state index is 12.3. The van der Waals surface area contributed by atoms with Gasteiger partial charge in [-0.2, -0.15) is 0 Å². The van der Waals surface area contributed by atoms with Gasteiger partial charge in [0.25, 0.3) is 0 Å². The predicted octanol–water partition coefficient (Wildman–Crippen LogP) is 4.27. The maximum absolute atomic E-state index is 12.3. The number of anilines is 1. The molecule has 1 aromatic rings. The average molecular weight is 441 g/mol. The van der Waals surface area contributed by atoms with Crippen LogP contribution in [0.4, 0.5) is 5.69 Å². The molecule has 5 nitrogen and oxygen atoms in total. The van der Waals surface area contributed by atoms with Gasteiger partial charge in [0.15, 0.2) is 5.78 Å². The first-order chi connectivity index (χ1) is 12.7. The van der Waals surface area contributed by atoms with Gasteiger partial charge in [0, 0.05) is 44.2 Å². The molecule has 1 aromatic carbocycles. The minimum atomic E-state index is -0.149. The van der Waals surface area contributed by atoms with E-state index < -0.39 is 0 Å². The molecule has 152 valence electrons. The van der Waals surface area contributed by atoms with Crippen LogP contribution in [0.25, 0.3) is 0 Å². The molecule has 2 rings (SSSR count). The predicted molar refractivity (Wildman–Crippen MR) is 116 cm³/mol. The molecule has 0 unspecified atom stereocenters. The summed E-state index contributed by atoms with van der Waals surface area (Å²) in [6, 6.07) is 3.86. The van der Waals surface area contributed by atoms with E-state index >= 15 is 0 Å². The van der Waals surface area contributed by atoms with Crippen LogP contribution in [0, 0.1) is 0 Å². The lowest BCUT2D eigenvalue weighted by Crippen LogP contribution is -2.48. The van der Waals surface area contributed by atoms with Gasteiger partial charge >= 0.3 is 0 Å². The molecule has 1 heterocycles. The molecule has 1 aliphatic heterocycles. The number of Topliss-reactive ketones (excluding diaryl/α,β-unsaturated/α-hetero) is 1. The van der Waals surface area contributed by atoms with Crippen molar-refractivity contribution in [1.29, 1.82) is 0 Å². The Labute approximate surface area is 172 Å². The molecule has 0 saturated carbocycles. The van der Waals surface area contributed by atoms with E-state index in [1.54, 1.807) is 14.0 Å². The van der Waals surface area contributed by atoms with Gasteiger partial charge in [-0.15, -0.1) is 0 Å². The van der Waals surface area contributed by atoms with Gasteiger partial charge < -0.3 is 14.5 Å². The van der Waals surface area contributed by atoms with Crippen LogP contribution in [0.2, 0.25) is 0 Å². The van der Waals surface area contributed by atoms with E-state index in [0.29, 0.717) is 24.0 Å². The van der Waals surface area contributed by atoms with Crippen LogP contribution >= 0.6 is 15.9 Å². The van der Waals surface area contributed by atoms with Crippen molar-refractivity contribution in [1.82, 2.24) is 4.90 Å². The molecule has 0 aromatic heterocycles. The molecule has 0 aliphatic carbocycles. The Morgan fingerprint density at radius 3 is 2.07 bits per heavy atom. The standard InChI is InChI=1S/C19H27BrN2O3.C2H6/c1-13(23)21-6-8-22(9-7-21)16-11-14(17(24)12-20)10-15(18(16)25-5)19(2,3)4;1-2/h10-11H,6-9,12H2,1-5H3;1-2H3. The molecule has 0 N–H and O–H groups in total. The molecule has 6 heteroatoms.